The van der Waals surface area contributed by atoms with Crippen LogP contribution in [-0.2, 0) is 23.2 Å². The molecular formula is C23H18ClFN4O3. The summed E-state index contributed by atoms with van der Waals surface area (Å²) in [6.45, 7) is 0.268. The van der Waals surface area contributed by atoms with Gasteiger partial charge in [0.15, 0.2) is 0 Å². The van der Waals surface area contributed by atoms with Crippen molar-refractivity contribution in [3.8, 4) is 22.4 Å². The molecule has 1 atom stereocenters. The zero-order chi connectivity index (χ0) is 22.6. The summed E-state index contributed by atoms with van der Waals surface area (Å²) in [6.07, 6.45) is 2.18. The number of hydrogen-bond acceptors (Lipinski definition) is 4. The summed E-state index contributed by atoms with van der Waals surface area (Å²) in [7, 11) is 1.75. The molecule has 3 heterocycles. The third kappa shape index (κ3) is 3.18. The van der Waals surface area contributed by atoms with Gasteiger partial charge < -0.3 is 4.90 Å². The number of amides is 3. The first-order valence-corrected chi connectivity index (χ1v) is 10.5. The molecular weight excluding hydrogens is 435 g/mol. The van der Waals surface area contributed by atoms with Gasteiger partial charge in [0.05, 0.1) is 16.9 Å². The quantitative estimate of drug-likeness (QED) is 0.618. The van der Waals surface area contributed by atoms with E-state index in [0.717, 1.165) is 16.7 Å². The first kappa shape index (κ1) is 20.4. The number of aryl methyl sites for hydroxylation is 1. The Labute approximate surface area is 187 Å². The molecule has 3 aromatic rings. The van der Waals surface area contributed by atoms with Gasteiger partial charge in [-0.3, -0.25) is 24.4 Å². The third-order valence-electron chi connectivity index (χ3n) is 5.98. The number of benzene rings is 2. The molecule has 32 heavy (non-hydrogen) atoms. The fraction of sp³-hybridized carbons (Fsp3) is 0.217. The summed E-state index contributed by atoms with van der Waals surface area (Å²) in [4.78, 5) is 38.2. The fourth-order valence-corrected chi connectivity index (χ4v) is 4.61. The van der Waals surface area contributed by atoms with E-state index in [1.165, 1.54) is 11.0 Å². The predicted octanol–water partition coefficient (Wildman–Crippen LogP) is 3.31. The monoisotopic (exact) mass is 452 g/mol. The van der Waals surface area contributed by atoms with Gasteiger partial charge in [-0.05, 0) is 35.7 Å². The first-order chi connectivity index (χ1) is 15.3. The zero-order valence-corrected chi connectivity index (χ0v) is 17.8. The molecule has 2 aliphatic rings. The van der Waals surface area contributed by atoms with E-state index >= 15 is 0 Å². The van der Waals surface area contributed by atoms with E-state index in [1.54, 1.807) is 42.2 Å². The van der Waals surface area contributed by atoms with Crippen molar-refractivity contribution in [2.75, 3.05) is 0 Å². The fourth-order valence-electron chi connectivity index (χ4n) is 4.40. The minimum absolute atomic E-state index is 0.0118. The second kappa shape index (κ2) is 7.56. The number of nitrogens with one attached hydrogen (secondary N) is 1. The predicted molar refractivity (Wildman–Crippen MR) is 115 cm³/mol. The standard InChI is InChI=1S/C23H18ClFN4O3/c1-28-21(15-3-2-4-17(25)20(15)24)16(10-26-28)12-5-6-14-13(9-12)11-29(23(14)32)18-7-8-19(30)27-22(18)31/h2-6,9-10,18H,7-8,11H2,1H3,(H,27,30,31). The van der Waals surface area contributed by atoms with Crippen molar-refractivity contribution in [1.29, 1.82) is 0 Å². The van der Waals surface area contributed by atoms with Crippen molar-refractivity contribution in [2.45, 2.75) is 25.4 Å². The van der Waals surface area contributed by atoms with Crippen molar-refractivity contribution < 1.29 is 18.8 Å². The Balaban J connectivity index is 1.52. The van der Waals surface area contributed by atoms with Crippen LogP contribution in [0, 0.1) is 5.82 Å². The van der Waals surface area contributed by atoms with E-state index in [9.17, 15) is 18.8 Å². The van der Waals surface area contributed by atoms with Crippen molar-refractivity contribution >= 4 is 29.3 Å². The van der Waals surface area contributed by atoms with Gasteiger partial charge in [0, 0.05) is 36.7 Å². The number of halogens is 2. The molecule has 9 heteroatoms. The Kier molecular flexibility index (Phi) is 4.82. The number of piperidine rings is 1. The average Bonchev–Trinajstić information content (AvgIpc) is 3.30. The van der Waals surface area contributed by atoms with Crippen LogP contribution in [0.3, 0.4) is 0 Å². The van der Waals surface area contributed by atoms with E-state index in [-0.39, 0.29) is 29.8 Å². The van der Waals surface area contributed by atoms with Crippen LogP contribution in [0.1, 0.15) is 28.8 Å². The summed E-state index contributed by atoms with van der Waals surface area (Å²) >= 11 is 6.23. The lowest BCUT2D eigenvalue weighted by molar-refractivity contribution is -0.136. The Morgan fingerprint density at radius 3 is 2.72 bits per heavy atom. The van der Waals surface area contributed by atoms with Crippen molar-refractivity contribution in [3.05, 3.63) is 64.6 Å². The van der Waals surface area contributed by atoms with Crippen molar-refractivity contribution in [3.63, 3.8) is 0 Å². The second-order valence-electron chi connectivity index (χ2n) is 7.90. The molecule has 7 nitrogen and oxygen atoms in total. The normalized spacial score (nSPS) is 18.2. The van der Waals surface area contributed by atoms with Crippen LogP contribution in [0.4, 0.5) is 4.39 Å². The Morgan fingerprint density at radius 1 is 1.12 bits per heavy atom. The van der Waals surface area contributed by atoms with Gasteiger partial charge in [-0.1, -0.05) is 29.8 Å². The molecule has 1 aromatic heterocycles. The SMILES string of the molecule is Cn1ncc(-c2ccc3c(c2)CN(C2CCC(=O)NC2=O)C3=O)c1-c1cccc(F)c1Cl. The van der Waals surface area contributed by atoms with Crippen LogP contribution in [0.15, 0.2) is 42.6 Å². The summed E-state index contributed by atoms with van der Waals surface area (Å²) in [5.41, 5.74) is 4.01. The number of hydrogen-bond donors (Lipinski definition) is 1. The lowest BCUT2D eigenvalue weighted by Crippen LogP contribution is -2.52. The highest BCUT2D eigenvalue weighted by Gasteiger charge is 2.39. The average molecular weight is 453 g/mol. The Morgan fingerprint density at radius 2 is 1.94 bits per heavy atom. The number of fused-ring (bicyclic) bond motifs is 1. The maximum atomic E-state index is 14.1. The number of nitrogens with zero attached hydrogens (tertiary/aromatic N) is 3. The highest BCUT2D eigenvalue weighted by molar-refractivity contribution is 6.33. The molecule has 3 amide bonds. The highest BCUT2D eigenvalue weighted by atomic mass is 35.5. The topological polar surface area (TPSA) is 84.3 Å². The Hall–Kier alpha value is -3.52. The molecule has 0 bridgehead atoms. The van der Waals surface area contributed by atoms with Gasteiger partial charge in [-0.2, -0.15) is 5.10 Å². The molecule has 0 spiro atoms. The largest absolute Gasteiger partial charge is 0.322 e. The summed E-state index contributed by atoms with van der Waals surface area (Å²) in [5.74, 6) is -1.52. The molecule has 162 valence electrons. The molecule has 1 unspecified atom stereocenters. The smallest absolute Gasteiger partial charge is 0.255 e. The molecule has 0 saturated carbocycles. The van der Waals surface area contributed by atoms with E-state index in [1.807, 2.05) is 6.07 Å². The van der Waals surface area contributed by atoms with E-state index in [2.05, 4.69) is 10.4 Å². The number of rotatable bonds is 3. The summed E-state index contributed by atoms with van der Waals surface area (Å²) in [6, 6.07) is 9.36. The van der Waals surface area contributed by atoms with Gasteiger partial charge in [0.1, 0.15) is 11.9 Å². The van der Waals surface area contributed by atoms with Crippen molar-refractivity contribution in [1.82, 2.24) is 20.0 Å². The van der Waals surface area contributed by atoms with Crippen LogP contribution in [-0.4, -0.2) is 38.4 Å². The lowest BCUT2D eigenvalue weighted by atomic mass is 9.98. The molecule has 0 aliphatic carbocycles. The zero-order valence-electron chi connectivity index (χ0n) is 17.1. The number of carbonyl (C=O) groups is 3. The van der Waals surface area contributed by atoms with Gasteiger partial charge in [-0.15, -0.1) is 0 Å². The highest BCUT2D eigenvalue weighted by Crippen LogP contribution is 2.38. The van der Waals surface area contributed by atoms with Gasteiger partial charge in [-0.25, -0.2) is 4.39 Å². The molecule has 2 aliphatic heterocycles. The van der Waals surface area contributed by atoms with Crippen molar-refractivity contribution in [2.24, 2.45) is 7.05 Å². The molecule has 5 rings (SSSR count). The van der Waals surface area contributed by atoms with Crippen LogP contribution in [0.25, 0.3) is 22.4 Å². The maximum absolute atomic E-state index is 14.1. The molecule has 1 saturated heterocycles. The van der Waals surface area contributed by atoms with Gasteiger partial charge in [0.2, 0.25) is 11.8 Å². The van der Waals surface area contributed by atoms with E-state index in [0.29, 0.717) is 23.2 Å². The number of imide groups is 1. The molecule has 1 N–H and O–H groups in total. The molecule has 1 fully saturated rings. The van der Waals surface area contributed by atoms with Crippen LogP contribution >= 0.6 is 11.6 Å². The Bertz CT molecular complexity index is 1300. The minimum Gasteiger partial charge on any atom is -0.322 e. The number of carbonyl (C=O) groups excluding carboxylic acids is 3. The first-order valence-electron chi connectivity index (χ1n) is 10.1. The molecule has 2 aromatic carbocycles. The van der Waals surface area contributed by atoms with Gasteiger partial charge >= 0.3 is 0 Å². The van der Waals surface area contributed by atoms with Crippen LogP contribution in [0.2, 0.25) is 5.02 Å². The minimum atomic E-state index is -0.670. The maximum Gasteiger partial charge on any atom is 0.255 e. The van der Waals surface area contributed by atoms with Crippen LogP contribution < -0.4 is 5.32 Å². The van der Waals surface area contributed by atoms with E-state index < -0.39 is 17.8 Å². The second-order valence-corrected chi connectivity index (χ2v) is 8.28. The summed E-state index contributed by atoms with van der Waals surface area (Å²) in [5, 5.41) is 6.64. The van der Waals surface area contributed by atoms with E-state index in [4.69, 9.17) is 11.6 Å². The number of aromatic nitrogens is 2. The van der Waals surface area contributed by atoms with Crippen LogP contribution in [0.5, 0.6) is 0 Å². The summed E-state index contributed by atoms with van der Waals surface area (Å²) < 4.78 is 15.7. The third-order valence-corrected chi connectivity index (χ3v) is 6.36. The lowest BCUT2D eigenvalue weighted by Gasteiger charge is -2.29. The molecule has 0 radical (unpaired) electrons. The van der Waals surface area contributed by atoms with Gasteiger partial charge in [0.25, 0.3) is 5.91 Å².